The maximum absolute atomic E-state index is 11.4. The predicted molar refractivity (Wildman–Crippen MR) is 68.9 cm³/mol. The van der Waals surface area contributed by atoms with Crippen molar-refractivity contribution in [2.24, 2.45) is 0 Å². The van der Waals surface area contributed by atoms with Crippen LogP contribution in [0.2, 0.25) is 0 Å². The number of benzene rings is 1. The van der Waals surface area contributed by atoms with Crippen LogP contribution in [-0.2, 0) is 4.79 Å². The van der Waals surface area contributed by atoms with Gasteiger partial charge in [0, 0.05) is 12.5 Å². The lowest BCUT2D eigenvalue weighted by Crippen LogP contribution is -2.25. The van der Waals surface area contributed by atoms with Gasteiger partial charge in [0.05, 0.1) is 13.7 Å². The molecular formula is C14H19NO3. The summed E-state index contributed by atoms with van der Waals surface area (Å²) in [6.45, 7) is 0.560. The summed E-state index contributed by atoms with van der Waals surface area (Å²) in [5.74, 6) is 1.75. The van der Waals surface area contributed by atoms with Gasteiger partial charge in [-0.3, -0.25) is 4.79 Å². The zero-order chi connectivity index (χ0) is 12.8. The van der Waals surface area contributed by atoms with Gasteiger partial charge in [0.25, 0.3) is 0 Å². The Bertz CT molecular complexity index is 385. The fourth-order valence-electron chi connectivity index (χ4n) is 1.62. The second-order valence-electron chi connectivity index (χ2n) is 4.47. The van der Waals surface area contributed by atoms with E-state index in [0.717, 1.165) is 30.8 Å². The minimum atomic E-state index is 0.135. The van der Waals surface area contributed by atoms with E-state index in [0.29, 0.717) is 19.1 Å². The van der Waals surface area contributed by atoms with Crippen LogP contribution in [0.15, 0.2) is 24.3 Å². The highest BCUT2D eigenvalue weighted by Crippen LogP contribution is 2.19. The molecule has 0 bridgehead atoms. The third-order valence-electron chi connectivity index (χ3n) is 2.82. The summed E-state index contributed by atoms with van der Waals surface area (Å²) >= 11 is 0. The van der Waals surface area contributed by atoms with Crippen molar-refractivity contribution < 1.29 is 14.3 Å². The Labute approximate surface area is 107 Å². The van der Waals surface area contributed by atoms with Crippen molar-refractivity contribution in [1.82, 2.24) is 5.32 Å². The van der Waals surface area contributed by atoms with E-state index < -0.39 is 0 Å². The number of ether oxygens (including phenoxy) is 2. The number of methoxy groups -OCH3 is 1. The van der Waals surface area contributed by atoms with E-state index >= 15 is 0 Å². The van der Waals surface area contributed by atoms with Crippen LogP contribution in [0.25, 0.3) is 0 Å². The maximum Gasteiger partial charge on any atom is 0.220 e. The summed E-state index contributed by atoms with van der Waals surface area (Å²) in [6, 6.07) is 7.89. The van der Waals surface area contributed by atoms with Crippen LogP contribution in [0.5, 0.6) is 11.5 Å². The summed E-state index contributed by atoms with van der Waals surface area (Å²) < 4.78 is 10.6. The van der Waals surface area contributed by atoms with Crippen LogP contribution >= 0.6 is 0 Å². The average Bonchev–Trinajstić information content (AvgIpc) is 3.19. The molecule has 4 nitrogen and oxygen atoms in total. The zero-order valence-electron chi connectivity index (χ0n) is 10.6. The molecule has 1 saturated carbocycles. The van der Waals surface area contributed by atoms with E-state index in [2.05, 4.69) is 5.32 Å². The molecule has 1 aromatic carbocycles. The molecule has 0 saturated heterocycles. The van der Waals surface area contributed by atoms with Crippen LogP contribution in [0, 0.1) is 0 Å². The molecular weight excluding hydrogens is 230 g/mol. The Hall–Kier alpha value is -1.71. The summed E-state index contributed by atoms with van der Waals surface area (Å²) in [4.78, 5) is 11.4. The van der Waals surface area contributed by atoms with Gasteiger partial charge < -0.3 is 14.8 Å². The Morgan fingerprint density at radius 3 is 2.56 bits per heavy atom. The summed E-state index contributed by atoms with van der Waals surface area (Å²) in [5.41, 5.74) is 0. The minimum absolute atomic E-state index is 0.135. The number of hydrogen-bond acceptors (Lipinski definition) is 3. The first-order valence-electron chi connectivity index (χ1n) is 6.34. The monoisotopic (exact) mass is 249 g/mol. The number of rotatable bonds is 7. The Balaban J connectivity index is 1.60. The lowest BCUT2D eigenvalue weighted by molar-refractivity contribution is -0.121. The molecule has 0 spiro atoms. The van der Waals surface area contributed by atoms with Crippen molar-refractivity contribution in [2.45, 2.75) is 31.7 Å². The predicted octanol–water partition coefficient (Wildman–Crippen LogP) is 2.13. The first-order valence-corrected chi connectivity index (χ1v) is 6.34. The molecule has 98 valence electrons. The molecule has 1 aliphatic carbocycles. The minimum Gasteiger partial charge on any atom is -0.497 e. The molecule has 0 unspecified atom stereocenters. The van der Waals surface area contributed by atoms with E-state index in [4.69, 9.17) is 9.47 Å². The molecule has 0 aromatic heterocycles. The van der Waals surface area contributed by atoms with Gasteiger partial charge in [-0.2, -0.15) is 0 Å². The Morgan fingerprint density at radius 1 is 1.28 bits per heavy atom. The van der Waals surface area contributed by atoms with Crippen molar-refractivity contribution in [2.75, 3.05) is 13.7 Å². The Morgan fingerprint density at radius 2 is 1.94 bits per heavy atom. The van der Waals surface area contributed by atoms with Crippen LogP contribution in [-0.4, -0.2) is 25.7 Å². The first kappa shape index (κ1) is 12.7. The molecule has 0 atom stereocenters. The van der Waals surface area contributed by atoms with Crippen LogP contribution in [0.1, 0.15) is 25.7 Å². The SMILES string of the molecule is COc1ccc(OCCCC(=O)NC2CC2)cc1. The van der Waals surface area contributed by atoms with Gasteiger partial charge in [0.1, 0.15) is 11.5 Å². The first-order chi connectivity index (χ1) is 8.78. The topological polar surface area (TPSA) is 47.6 Å². The van der Waals surface area contributed by atoms with Gasteiger partial charge in [-0.1, -0.05) is 0 Å². The van der Waals surface area contributed by atoms with Crippen LogP contribution in [0.4, 0.5) is 0 Å². The zero-order valence-corrected chi connectivity index (χ0v) is 10.6. The largest absolute Gasteiger partial charge is 0.497 e. The second kappa shape index (κ2) is 6.28. The van der Waals surface area contributed by atoms with Gasteiger partial charge in [0.15, 0.2) is 0 Å². The highest BCUT2D eigenvalue weighted by molar-refractivity contribution is 5.76. The van der Waals surface area contributed by atoms with Crippen LogP contribution in [0.3, 0.4) is 0 Å². The van der Waals surface area contributed by atoms with E-state index in [-0.39, 0.29) is 5.91 Å². The lowest BCUT2D eigenvalue weighted by Gasteiger charge is -2.07. The van der Waals surface area contributed by atoms with E-state index in [1.54, 1.807) is 7.11 Å². The summed E-state index contributed by atoms with van der Waals surface area (Å²) in [6.07, 6.45) is 3.54. The van der Waals surface area contributed by atoms with Crippen molar-refractivity contribution in [3.05, 3.63) is 24.3 Å². The highest BCUT2D eigenvalue weighted by atomic mass is 16.5. The lowest BCUT2D eigenvalue weighted by atomic mass is 10.3. The Kier molecular flexibility index (Phi) is 4.45. The third kappa shape index (κ3) is 4.28. The fourth-order valence-corrected chi connectivity index (χ4v) is 1.62. The number of carbonyl (C=O) groups excluding carboxylic acids is 1. The molecule has 1 aromatic rings. The number of nitrogens with one attached hydrogen (secondary N) is 1. The van der Waals surface area contributed by atoms with Gasteiger partial charge in [0.2, 0.25) is 5.91 Å². The quantitative estimate of drug-likeness (QED) is 0.753. The van der Waals surface area contributed by atoms with Crippen molar-refractivity contribution >= 4 is 5.91 Å². The van der Waals surface area contributed by atoms with E-state index in [1.807, 2.05) is 24.3 Å². The van der Waals surface area contributed by atoms with E-state index in [9.17, 15) is 4.79 Å². The number of carbonyl (C=O) groups is 1. The van der Waals surface area contributed by atoms with Gasteiger partial charge >= 0.3 is 0 Å². The molecule has 0 radical (unpaired) electrons. The van der Waals surface area contributed by atoms with Gasteiger partial charge in [-0.05, 0) is 43.5 Å². The van der Waals surface area contributed by atoms with Crippen molar-refractivity contribution in [1.29, 1.82) is 0 Å². The van der Waals surface area contributed by atoms with Crippen molar-refractivity contribution in [3.8, 4) is 11.5 Å². The number of amides is 1. The molecule has 1 aliphatic rings. The summed E-state index contributed by atoms with van der Waals surface area (Å²) in [5, 5.41) is 2.96. The molecule has 4 heteroatoms. The standard InChI is InChI=1S/C14H19NO3/c1-17-12-6-8-13(9-7-12)18-10-2-3-14(16)15-11-4-5-11/h6-9,11H,2-5,10H2,1H3,(H,15,16). The van der Waals surface area contributed by atoms with Gasteiger partial charge in [-0.15, -0.1) is 0 Å². The van der Waals surface area contributed by atoms with Crippen LogP contribution < -0.4 is 14.8 Å². The second-order valence-corrected chi connectivity index (χ2v) is 4.47. The molecule has 1 fully saturated rings. The fraction of sp³-hybridized carbons (Fsp3) is 0.500. The maximum atomic E-state index is 11.4. The molecule has 2 rings (SSSR count). The number of hydrogen-bond donors (Lipinski definition) is 1. The molecule has 18 heavy (non-hydrogen) atoms. The van der Waals surface area contributed by atoms with Crippen molar-refractivity contribution in [3.63, 3.8) is 0 Å². The molecule has 1 N–H and O–H groups in total. The molecule has 0 heterocycles. The normalized spacial score (nSPS) is 14.1. The van der Waals surface area contributed by atoms with E-state index in [1.165, 1.54) is 0 Å². The molecule has 0 aliphatic heterocycles. The third-order valence-corrected chi connectivity index (χ3v) is 2.82. The smallest absolute Gasteiger partial charge is 0.220 e. The average molecular weight is 249 g/mol. The summed E-state index contributed by atoms with van der Waals surface area (Å²) in [7, 11) is 1.63. The van der Waals surface area contributed by atoms with Gasteiger partial charge in [-0.25, -0.2) is 0 Å². The molecule has 1 amide bonds. The highest BCUT2D eigenvalue weighted by Gasteiger charge is 2.22.